The van der Waals surface area contributed by atoms with Gasteiger partial charge >= 0.3 is 0 Å². The summed E-state index contributed by atoms with van der Waals surface area (Å²) in [4.78, 5) is 22.3. The van der Waals surface area contributed by atoms with Crippen LogP contribution >= 0.6 is 11.3 Å². The van der Waals surface area contributed by atoms with Crippen molar-refractivity contribution in [1.29, 1.82) is 0 Å². The molecule has 8 nitrogen and oxygen atoms in total. The second-order valence-electron chi connectivity index (χ2n) is 8.76. The van der Waals surface area contributed by atoms with Crippen molar-refractivity contribution in [1.82, 2.24) is 9.88 Å². The standard InChI is InChI=1S/C26H27N5O3S2/c1-29-14-16-31(17-15-29)26-28-23-13-10-20(18-24(23)35-26)27-25(32)19-8-11-22(12-9-19)36(33,34)30(2)21-6-4-3-5-7-21/h3-13,18H,14-17H2,1-2H3,(H,27,32). The van der Waals surface area contributed by atoms with Crippen LogP contribution in [0.2, 0.25) is 0 Å². The number of para-hydroxylation sites is 1. The molecule has 1 fully saturated rings. The van der Waals surface area contributed by atoms with Gasteiger partial charge in [0.15, 0.2) is 5.13 Å². The quantitative estimate of drug-likeness (QED) is 0.411. The van der Waals surface area contributed by atoms with Crippen LogP contribution in [0, 0.1) is 0 Å². The van der Waals surface area contributed by atoms with Crippen molar-refractivity contribution in [3.05, 3.63) is 78.4 Å². The molecule has 2 heterocycles. The number of thiazole rings is 1. The van der Waals surface area contributed by atoms with Crippen molar-refractivity contribution in [2.45, 2.75) is 4.90 Å². The van der Waals surface area contributed by atoms with Gasteiger partial charge in [-0.25, -0.2) is 13.4 Å². The van der Waals surface area contributed by atoms with Gasteiger partial charge in [-0.1, -0.05) is 29.5 Å². The molecular weight excluding hydrogens is 494 g/mol. The predicted octanol–water partition coefficient (Wildman–Crippen LogP) is 4.13. The number of anilines is 3. The minimum absolute atomic E-state index is 0.118. The van der Waals surface area contributed by atoms with Gasteiger partial charge in [0, 0.05) is 44.5 Å². The Kier molecular flexibility index (Phi) is 6.65. The van der Waals surface area contributed by atoms with E-state index in [4.69, 9.17) is 4.98 Å². The molecule has 0 atom stereocenters. The highest BCUT2D eigenvalue weighted by molar-refractivity contribution is 7.92. The van der Waals surface area contributed by atoms with Gasteiger partial charge in [0.25, 0.3) is 15.9 Å². The summed E-state index contributed by atoms with van der Waals surface area (Å²) in [6.45, 7) is 3.93. The fourth-order valence-corrected chi connectivity index (χ4v) is 6.29. The first-order chi connectivity index (χ1) is 17.3. The number of sulfonamides is 1. The van der Waals surface area contributed by atoms with Crippen molar-refractivity contribution >= 4 is 54.0 Å². The average molecular weight is 522 g/mol. The highest BCUT2D eigenvalue weighted by Gasteiger charge is 2.22. The zero-order chi connectivity index (χ0) is 25.3. The smallest absolute Gasteiger partial charge is 0.264 e. The summed E-state index contributed by atoms with van der Waals surface area (Å²) in [5.74, 6) is -0.307. The number of carbonyl (C=O) groups excluding carboxylic acids is 1. The van der Waals surface area contributed by atoms with E-state index in [1.54, 1.807) is 35.6 Å². The van der Waals surface area contributed by atoms with Crippen molar-refractivity contribution in [3.8, 4) is 0 Å². The molecule has 1 N–H and O–H groups in total. The number of piperazine rings is 1. The molecule has 186 valence electrons. The second kappa shape index (κ2) is 9.88. The number of nitrogens with zero attached hydrogens (tertiary/aromatic N) is 4. The molecule has 1 amide bonds. The summed E-state index contributed by atoms with van der Waals surface area (Å²) < 4.78 is 28.2. The van der Waals surface area contributed by atoms with Crippen molar-refractivity contribution in [2.24, 2.45) is 0 Å². The molecule has 1 aliphatic rings. The topological polar surface area (TPSA) is 85.8 Å². The summed E-state index contributed by atoms with van der Waals surface area (Å²) in [6, 6.07) is 20.5. The average Bonchev–Trinajstić information content (AvgIpc) is 3.32. The monoisotopic (exact) mass is 521 g/mol. The van der Waals surface area contributed by atoms with Crippen molar-refractivity contribution in [2.75, 3.05) is 54.8 Å². The Bertz CT molecular complexity index is 1480. The van der Waals surface area contributed by atoms with E-state index in [0.717, 1.165) is 41.5 Å². The summed E-state index contributed by atoms with van der Waals surface area (Å²) in [6.07, 6.45) is 0. The molecule has 0 unspecified atom stereocenters. The first-order valence-electron chi connectivity index (χ1n) is 11.6. The molecule has 1 aromatic heterocycles. The van der Waals surface area contributed by atoms with E-state index in [1.165, 1.54) is 35.6 Å². The van der Waals surface area contributed by atoms with Gasteiger partial charge < -0.3 is 15.1 Å². The maximum absolute atomic E-state index is 13.0. The van der Waals surface area contributed by atoms with E-state index >= 15 is 0 Å². The number of nitrogens with one attached hydrogen (secondary N) is 1. The lowest BCUT2D eigenvalue weighted by atomic mass is 10.2. The highest BCUT2D eigenvalue weighted by atomic mass is 32.2. The summed E-state index contributed by atoms with van der Waals surface area (Å²) in [5, 5.41) is 3.91. The van der Waals surface area contributed by atoms with Gasteiger partial charge in [-0.15, -0.1) is 0 Å². The summed E-state index contributed by atoms with van der Waals surface area (Å²) >= 11 is 1.62. The summed E-state index contributed by atoms with van der Waals surface area (Å²) in [5.41, 5.74) is 2.51. The number of hydrogen-bond acceptors (Lipinski definition) is 7. The lowest BCUT2D eigenvalue weighted by Gasteiger charge is -2.31. The van der Waals surface area contributed by atoms with Crippen LogP contribution in [0.3, 0.4) is 0 Å². The number of carbonyl (C=O) groups is 1. The zero-order valence-corrected chi connectivity index (χ0v) is 21.7. The van der Waals surface area contributed by atoms with Crippen LogP contribution in [-0.2, 0) is 10.0 Å². The van der Waals surface area contributed by atoms with Crippen LogP contribution in [0.5, 0.6) is 0 Å². The molecule has 0 aliphatic carbocycles. The van der Waals surface area contributed by atoms with Crippen LogP contribution in [0.4, 0.5) is 16.5 Å². The second-order valence-corrected chi connectivity index (χ2v) is 11.7. The molecule has 3 aromatic carbocycles. The molecule has 10 heteroatoms. The number of likely N-dealkylation sites (N-methyl/N-ethyl adjacent to an activating group) is 1. The fourth-order valence-electron chi connectivity index (χ4n) is 4.04. The van der Waals surface area contributed by atoms with Crippen LogP contribution in [0.25, 0.3) is 10.2 Å². The number of amides is 1. The number of hydrogen-bond donors (Lipinski definition) is 1. The van der Waals surface area contributed by atoms with E-state index in [9.17, 15) is 13.2 Å². The Labute approximate surface area is 214 Å². The van der Waals surface area contributed by atoms with Gasteiger partial charge in [-0.2, -0.15) is 0 Å². The molecule has 36 heavy (non-hydrogen) atoms. The Morgan fingerprint density at radius 2 is 1.67 bits per heavy atom. The van der Waals surface area contributed by atoms with Crippen LogP contribution in [0.15, 0.2) is 77.7 Å². The first-order valence-corrected chi connectivity index (χ1v) is 13.9. The molecule has 0 radical (unpaired) electrons. The molecule has 0 spiro atoms. The van der Waals surface area contributed by atoms with Crippen molar-refractivity contribution < 1.29 is 13.2 Å². The van der Waals surface area contributed by atoms with Crippen LogP contribution < -0.4 is 14.5 Å². The molecule has 1 saturated heterocycles. The maximum Gasteiger partial charge on any atom is 0.264 e. The normalized spacial score (nSPS) is 14.7. The number of aromatic nitrogens is 1. The van der Waals surface area contributed by atoms with Crippen molar-refractivity contribution in [3.63, 3.8) is 0 Å². The van der Waals surface area contributed by atoms with Gasteiger partial charge in [-0.3, -0.25) is 9.10 Å². The molecule has 1 aliphatic heterocycles. The minimum Gasteiger partial charge on any atom is -0.345 e. The van der Waals surface area contributed by atoms with Gasteiger partial charge in [0.1, 0.15) is 0 Å². The third kappa shape index (κ3) is 4.92. The Balaban J connectivity index is 1.29. The van der Waals surface area contributed by atoms with Crippen LogP contribution in [0.1, 0.15) is 10.4 Å². The fraction of sp³-hybridized carbons (Fsp3) is 0.231. The molecule has 0 bridgehead atoms. The molecule has 4 aromatic rings. The minimum atomic E-state index is -3.74. The Morgan fingerprint density at radius 1 is 0.972 bits per heavy atom. The van der Waals surface area contributed by atoms with Gasteiger partial charge in [0.05, 0.1) is 20.8 Å². The Morgan fingerprint density at radius 3 is 2.36 bits per heavy atom. The zero-order valence-electron chi connectivity index (χ0n) is 20.1. The third-order valence-electron chi connectivity index (χ3n) is 6.30. The van der Waals surface area contributed by atoms with E-state index in [0.29, 0.717) is 16.9 Å². The maximum atomic E-state index is 13.0. The SMILES string of the molecule is CN1CCN(c2nc3ccc(NC(=O)c4ccc(S(=O)(=O)N(C)c5ccccc5)cc4)cc3s2)CC1. The van der Waals surface area contributed by atoms with E-state index < -0.39 is 10.0 Å². The third-order valence-corrected chi connectivity index (χ3v) is 9.18. The summed E-state index contributed by atoms with van der Waals surface area (Å²) in [7, 11) is -0.103. The van der Waals surface area contributed by atoms with E-state index in [-0.39, 0.29) is 10.8 Å². The predicted molar refractivity (Wildman–Crippen MR) is 146 cm³/mol. The number of rotatable bonds is 6. The van der Waals surface area contributed by atoms with E-state index in [1.807, 2.05) is 24.3 Å². The highest BCUT2D eigenvalue weighted by Crippen LogP contribution is 2.31. The molecular formula is C26H27N5O3S2. The largest absolute Gasteiger partial charge is 0.345 e. The molecule has 5 rings (SSSR count). The lowest BCUT2D eigenvalue weighted by molar-refractivity contribution is 0.102. The Hall–Kier alpha value is -3.47. The molecule has 0 saturated carbocycles. The van der Waals surface area contributed by atoms with Crippen LogP contribution in [-0.4, -0.2) is 64.5 Å². The first kappa shape index (κ1) is 24.2. The number of fused-ring (bicyclic) bond motifs is 1. The number of benzene rings is 3. The van der Waals surface area contributed by atoms with Gasteiger partial charge in [0.2, 0.25) is 0 Å². The van der Waals surface area contributed by atoms with E-state index in [2.05, 4.69) is 22.2 Å². The van der Waals surface area contributed by atoms with Gasteiger partial charge in [-0.05, 0) is 61.6 Å². The lowest BCUT2D eigenvalue weighted by Crippen LogP contribution is -2.44.